The van der Waals surface area contributed by atoms with Gasteiger partial charge in [-0.3, -0.25) is 0 Å². The zero-order valence-corrected chi connectivity index (χ0v) is 12.0. The standard InChI is InChI=1S/C10H14N6S2/c1-6(2)5-7(12)8-13-14-9-16(8)15-10(18-9)17-4-3-11/h6-7H,4-5,12H2,1-2H3/p+1/t7-/m0/s1. The first-order valence-corrected chi connectivity index (χ1v) is 7.47. The van der Waals surface area contributed by atoms with E-state index in [9.17, 15) is 0 Å². The number of quaternary nitrogens is 1. The van der Waals surface area contributed by atoms with Gasteiger partial charge in [0.15, 0.2) is 4.34 Å². The van der Waals surface area contributed by atoms with E-state index in [1.54, 1.807) is 4.52 Å². The maximum absolute atomic E-state index is 8.56. The Hall–Kier alpha value is -1.17. The summed E-state index contributed by atoms with van der Waals surface area (Å²) in [7, 11) is 0. The number of fused-ring (bicyclic) bond motifs is 1. The molecule has 0 saturated heterocycles. The molecular formula is C10H15N6S2+. The van der Waals surface area contributed by atoms with Gasteiger partial charge in [-0.25, -0.2) is 0 Å². The fraction of sp³-hybridized carbons (Fsp3) is 0.600. The summed E-state index contributed by atoms with van der Waals surface area (Å²) in [5, 5.41) is 21.2. The summed E-state index contributed by atoms with van der Waals surface area (Å²) in [5.41, 5.74) is 4.12. The van der Waals surface area contributed by atoms with Gasteiger partial charge in [0.1, 0.15) is 6.04 Å². The molecule has 0 amide bonds. The molecule has 0 aliphatic heterocycles. The van der Waals surface area contributed by atoms with Crippen LogP contribution in [0.5, 0.6) is 0 Å². The molecule has 18 heavy (non-hydrogen) atoms. The first kappa shape index (κ1) is 13.3. The van der Waals surface area contributed by atoms with Gasteiger partial charge in [0.2, 0.25) is 10.8 Å². The highest BCUT2D eigenvalue weighted by molar-refractivity contribution is 8.01. The average molecular weight is 283 g/mol. The summed E-state index contributed by atoms with van der Waals surface area (Å²) in [5.74, 6) is 1.77. The van der Waals surface area contributed by atoms with Gasteiger partial charge in [-0.1, -0.05) is 36.9 Å². The van der Waals surface area contributed by atoms with Gasteiger partial charge in [0.05, 0.1) is 11.8 Å². The SMILES string of the molecule is CC(C)C[C@H]([NH3+])c1nnc2sc(SCC#N)nn12. The first-order valence-electron chi connectivity index (χ1n) is 5.66. The number of rotatable bonds is 5. The molecular weight excluding hydrogens is 268 g/mol. The van der Waals surface area contributed by atoms with Crippen LogP contribution in [-0.4, -0.2) is 25.6 Å². The van der Waals surface area contributed by atoms with E-state index in [0.717, 1.165) is 21.5 Å². The van der Waals surface area contributed by atoms with Crippen LogP contribution in [0.25, 0.3) is 4.96 Å². The fourth-order valence-electron chi connectivity index (χ4n) is 1.70. The number of nitriles is 1. The molecule has 0 aliphatic rings. The van der Waals surface area contributed by atoms with Crippen LogP contribution < -0.4 is 5.73 Å². The Kier molecular flexibility index (Phi) is 4.16. The van der Waals surface area contributed by atoms with Crippen molar-refractivity contribution in [3.05, 3.63) is 5.82 Å². The van der Waals surface area contributed by atoms with E-state index in [1.165, 1.54) is 23.1 Å². The van der Waals surface area contributed by atoms with Crippen molar-refractivity contribution in [3.8, 4) is 6.07 Å². The van der Waals surface area contributed by atoms with E-state index in [2.05, 4.69) is 40.9 Å². The van der Waals surface area contributed by atoms with E-state index < -0.39 is 0 Å². The molecule has 8 heteroatoms. The monoisotopic (exact) mass is 283 g/mol. The highest BCUT2D eigenvalue weighted by Crippen LogP contribution is 2.25. The Morgan fingerprint density at radius 3 is 2.94 bits per heavy atom. The molecule has 6 nitrogen and oxygen atoms in total. The van der Waals surface area contributed by atoms with Gasteiger partial charge in [-0.15, -0.1) is 15.3 Å². The lowest BCUT2D eigenvalue weighted by Crippen LogP contribution is -2.54. The second kappa shape index (κ2) is 5.65. The summed E-state index contributed by atoms with van der Waals surface area (Å²) in [6, 6.07) is 2.18. The van der Waals surface area contributed by atoms with Crippen LogP contribution in [0.2, 0.25) is 0 Å². The molecule has 0 spiro atoms. The van der Waals surface area contributed by atoms with Crippen molar-refractivity contribution in [2.24, 2.45) is 5.92 Å². The first-order chi connectivity index (χ1) is 8.61. The van der Waals surface area contributed by atoms with Crippen LogP contribution in [0.15, 0.2) is 4.34 Å². The zero-order valence-electron chi connectivity index (χ0n) is 10.3. The smallest absolute Gasteiger partial charge is 0.235 e. The van der Waals surface area contributed by atoms with Gasteiger partial charge in [-0.05, 0) is 5.92 Å². The summed E-state index contributed by atoms with van der Waals surface area (Å²) in [6.45, 7) is 4.32. The molecule has 2 aromatic rings. The molecule has 2 aromatic heterocycles. The lowest BCUT2D eigenvalue weighted by molar-refractivity contribution is -0.432. The molecule has 2 rings (SSSR count). The van der Waals surface area contributed by atoms with Crippen LogP contribution in [0.1, 0.15) is 32.1 Å². The molecule has 0 aromatic carbocycles. The quantitative estimate of drug-likeness (QED) is 0.830. The number of aromatic nitrogens is 4. The number of hydrogen-bond donors (Lipinski definition) is 1. The molecule has 96 valence electrons. The average Bonchev–Trinajstić information content (AvgIpc) is 2.83. The van der Waals surface area contributed by atoms with Crippen LogP contribution in [0.4, 0.5) is 0 Å². The number of nitrogens with zero attached hydrogens (tertiary/aromatic N) is 5. The molecule has 2 heterocycles. The lowest BCUT2D eigenvalue weighted by Gasteiger charge is -2.07. The van der Waals surface area contributed by atoms with Crippen molar-refractivity contribution >= 4 is 28.1 Å². The molecule has 3 N–H and O–H groups in total. The van der Waals surface area contributed by atoms with E-state index >= 15 is 0 Å². The van der Waals surface area contributed by atoms with Gasteiger partial charge < -0.3 is 5.73 Å². The largest absolute Gasteiger partial charge is 0.349 e. The van der Waals surface area contributed by atoms with Crippen molar-refractivity contribution in [2.75, 3.05) is 5.75 Å². The summed E-state index contributed by atoms with van der Waals surface area (Å²) in [4.78, 5) is 0.767. The maximum atomic E-state index is 8.56. The van der Waals surface area contributed by atoms with Crippen molar-refractivity contribution in [1.29, 1.82) is 5.26 Å². The van der Waals surface area contributed by atoms with Gasteiger partial charge in [0.25, 0.3) is 0 Å². The minimum absolute atomic E-state index is 0.0934. The third-order valence-electron chi connectivity index (χ3n) is 2.38. The maximum Gasteiger partial charge on any atom is 0.235 e. The van der Waals surface area contributed by atoms with Crippen LogP contribution in [0, 0.1) is 17.2 Å². The predicted molar refractivity (Wildman–Crippen MR) is 70.1 cm³/mol. The van der Waals surface area contributed by atoms with Gasteiger partial charge in [-0.2, -0.15) is 9.78 Å². The second-order valence-corrected chi connectivity index (χ2v) is 6.57. The minimum Gasteiger partial charge on any atom is -0.349 e. The van der Waals surface area contributed by atoms with E-state index in [1.807, 2.05) is 0 Å². The molecule has 0 saturated carbocycles. The molecule has 1 atom stereocenters. The number of hydrogen-bond acceptors (Lipinski definition) is 6. The topological polar surface area (TPSA) is 94.5 Å². The van der Waals surface area contributed by atoms with Crippen LogP contribution >= 0.6 is 23.1 Å². The Bertz CT molecular complexity index is 566. The molecule has 0 bridgehead atoms. The molecule has 0 aliphatic carbocycles. The highest BCUT2D eigenvalue weighted by atomic mass is 32.2. The number of thioether (sulfide) groups is 1. The second-order valence-electron chi connectivity index (χ2n) is 4.39. The van der Waals surface area contributed by atoms with Crippen molar-refractivity contribution in [2.45, 2.75) is 30.6 Å². The lowest BCUT2D eigenvalue weighted by atomic mass is 10.0. The Labute approximate surface area is 113 Å². The van der Waals surface area contributed by atoms with Crippen LogP contribution in [-0.2, 0) is 0 Å². The van der Waals surface area contributed by atoms with E-state index in [0.29, 0.717) is 11.7 Å². The van der Waals surface area contributed by atoms with Gasteiger partial charge in [0, 0.05) is 6.42 Å². The summed E-state index contributed by atoms with van der Waals surface area (Å²) in [6.07, 6.45) is 0.957. The third-order valence-corrected chi connectivity index (χ3v) is 4.28. The Balaban J connectivity index is 2.24. The molecule has 0 radical (unpaired) electrons. The minimum atomic E-state index is 0.0934. The zero-order chi connectivity index (χ0) is 13.1. The Morgan fingerprint density at radius 2 is 2.28 bits per heavy atom. The van der Waals surface area contributed by atoms with Crippen molar-refractivity contribution in [1.82, 2.24) is 19.8 Å². The van der Waals surface area contributed by atoms with E-state index in [4.69, 9.17) is 5.26 Å². The Morgan fingerprint density at radius 1 is 1.50 bits per heavy atom. The van der Waals surface area contributed by atoms with Gasteiger partial charge >= 0.3 is 0 Å². The van der Waals surface area contributed by atoms with E-state index in [-0.39, 0.29) is 6.04 Å². The molecule has 0 fully saturated rings. The van der Waals surface area contributed by atoms with Crippen LogP contribution in [0.3, 0.4) is 0 Å². The summed E-state index contributed by atoms with van der Waals surface area (Å²) < 4.78 is 2.60. The third kappa shape index (κ3) is 2.80. The highest BCUT2D eigenvalue weighted by Gasteiger charge is 2.21. The summed E-state index contributed by atoms with van der Waals surface area (Å²) >= 11 is 2.88. The normalized spacial score (nSPS) is 13.1. The predicted octanol–water partition coefficient (Wildman–Crippen LogP) is 1.13. The molecule has 0 unspecified atom stereocenters. The van der Waals surface area contributed by atoms with Crippen molar-refractivity contribution < 1.29 is 5.73 Å². The fourth-order valence-corrected chi connectivity index (χ4v) is 3.24. The van der Waals surface area contributed by atoms with Crippen molar-refractivity contribution in [3.63, 3.8) is 0 Å².